The molecule has 0 saturated heterocycles. The molecule has 14 heteroatoms. The van der Waals surface area contributed by atoms with Crippen molar-refractivity contribution in [1.29, 1.82) is 0 Å². The monoisotopic (exact) mass is 813 g/mol. The van der Waals surface area contributed by atoms with Crippen molar-refractivity contribution in [2.75, 3.05) is 18.4 Å². The number of nitrogens with one attached hydrogen (secondary N) is 1. The zero-order valence-electron chi connectivity index (χ0n) is 33.2. The van der Waals surface area contributed by atoms with Crippen LogP contribution in [0.2, 0.25) is 5.02 Å². The van der Waals surface area contributed by atoms with E-state index < -0.39 is 12.2 Å². The van der Waals surface area contributed by atoms with Crippen molar-refractivity contribution < 1.29 is 37.1 Å². The third-order valence-electron chi connectivity index (χ3n) is 12.3. The zero-order chi connectivity index (χ0) is 41.1. The van der Waals surface area contributed by atoms with Gasteiger partial charge in [-0.1, -0.05) is 35.9 Å². The number of fused-ring (bicyclic) bond motifs is 4. The Morgan fingerprint density at radius 2 is 1.78 bits per heavy atom. The number of aldehydes is 1. The fourth-order valence-electron chi connectivity index (χ4n) is 9.25. The van der Waals surface area contributed by atoms with E-state index in [1.165, 1.54) is 12.1 Å². The van der Waals surface area contributed by atoms with Crippen LogP contribution in [0.5, 0.6) is 5.75 Å². The molecule has 2 aliphatic carbocycles. The lowest BCUT2D eigenvalue weighted by molar-refractivity contribution is -0.167. The second-order valence-corrected chi connectivity index (χ2v) is 17.5. The summed E-state index contributed by atoms with van der Waals surface area (Å²) >= 11 is 7.01. The Balaban J connectivity index is 0.957. The summed E-state index contributed by atoms with van der Waals surface area (Å²) in [6.45, 7) is 6.99. The van der Waals surface area contributed by atoms with Crippen LogP contribution in [0.3, 0.4) is 0 Å². The molecule has 1 amide bonds. The molecule has 0 radical (unpaired) electrons. The average molecular weight is 814 g/mol. The molecule has 1 aliphatic heterocycles. The molecule has 1 N–H and O–H groups in total. The van der Waals surface area contributed by atoms with Crippen LogP contribution in [0, 0.1) is 17.8 Å². The third kappa shape index (κ3) is 7.38. The minimum atomic E-state index is -3.11. The van der Waals surface area contributed by atoms with E-state index in [2.05, 4.69) is 19.9 Å². The molecule has 2 bridgehead atoms. The minimum Gasteiger partial charge on any atom is -0.460 e. The number of carbonyl (C=O) groups is 3. The first-order chi connectivity index (χ1) is 27.6. The maximum atomic E-state index is 13.8. The van der Waals surface area contributed by atoms with E-state index >= 15 is 0 Å². The standard InChI is InChI=1S/C44H46ClF2N5O6/c1-25-27(8-6-9-28(25)39-50-31-20-26(23-53)34(57-41(46)47)21-35(31)56-39)29-10-7-11-30(36(29)45)49-38(54)37-48-32-22-52(18-12-33(32)51(37)5)19-17-43-13-15-44(24-43,16-14-43)40(55)58-42(2,3)4/h6-11,20-21,23,41H,12-19,22,24H2,1-5H3,(H,49,54). The number of imidazole rings is 1. The van der Waals surface area contributed by atoms with Crippen molar-refractivity contribution >= 4 is 46.6 Å². The lowest BCUT2D eigenvalue weighted by Crippen LogP contribution is -2.35. The number of oxazole rings is 1. The average Bonchev–Trinajstić information content (AvgIpc) is 3.95. The number of alkyl halides is 2. The first-order valence-electron chi connectivity index (χ1n) is 19.6. The van der Waals surface area contributed by atoms with Crippen LogP contribution in [0.25, 0.3) is 33.7 Å². The number of halogens is 3. The van der Waals surface area contributed by atoms with E-state index in [1.54, 1.807) is 12.1 Å². The fraction of sp³-hybridized carbons (Fsp3) is 0.432. The summed E-state index contributed by atoms with van der Waals surface area (Å²) < 4.78 is 44.1. The molecular formula is C44H46ClF2N5O6. The molecule has 58 heavy (non-hydrogen) atoms. The first-order valence-corrected chi connectivity index (χ1v) is 20.0. The third-order valence-corrected chi connectivity index (χ3v) is 12.7. The molecule has 2 fully saturated rings. The lowest BCUT2D eigenvalue weighted by atomic mass is 9.80. The second-order valence-electron chi connectivity index (χ2n) is 17.1. The molecule has 0 spiro atoms. The molecule has 304 valence electrons. The predicted octanol–water partition coefficient (Wildman–Crippen LogP) is 9.56. The van der Waals surface area contributed by atoms with Crippen molar-refractivity contribution in [1.82, 2.24) is 19.4 Å². The Morgan fingerprint density at radius 1 is 1.05 bits per heavy atom. The number of carbonyl (C=O) groups excluding carboxylic acids is 3. The van der Waals surface area contributed by atoms with E-state index in [0.29, 0.717) is 46.0 Å². The van der Waals surface area contributed by atoms with Gasteiger partial charge in [-0.25, -0.2) is 9.97 Å². The van der Waals surface area contributed by atoms with Gasteiger partial charge in [0.25, 0.3) is 5.91 Å². The molecule has 0 atom stereocenters. The molecule has 2 aromatic heterocycles. The Hall–Kier alpha value is -5.14. The van der Waals surface area contributed by atoms with E-state index in [4.69, 9.17) is 25.7 Å². The van der Waals surface area contributed by atoms with Crippen molar-refractivity contribution in [3.8, 4) is 28.3 Å². The quantitative estimate of drug-likeness (QED) is 0.102. The van der Waals surface area contributed by atoms with E-state index in [-0.39, 0.29) is 45.5 Å². The summed E-state index contributed by atoms with van der Waals surface area (Å²) in [5.41, 5.74) is 4.92. The number of benzene rings is 3. The molecule has 2 saturated carbocycles. The van der Waals surface area contributed by atoms with E-state index in [1.807, 2.05) is 63.6 Å². The Bertz CT molecular complexity index is 2440. The number of hydrogen-bond acceptors (Lipinski definition) is 9. The molecule has 8 rings (SSSR count). The minimum absolute atomic E-state index is 0.0316. The Morgan fingerprint density at radius 3 is 2.50 bits per heavy atom. The molecular weight excluding hydrogens is 768 g/mol. The molecule has 3 aromatic carbocycles. The SMILES string of the molecule is Cc1c(-c2nc3cc(C=O)c(OC(F)F)cc3o2)cccc1-c1cccc(NC(=O)c2nc3c(n2C)CCN(CCC24CCC(C(=O)OC(C)(C)C)(CC2)C4)C3)c1Cl. The largest absolute Gasteiger partial charge is 0.460 e. The lowest BCUT2D eigenvalue weighted by Gasteiger charge is -2.32. The van der Waals surface area contributed by atoms with Crippen molar-refractivity contribution in [2.24, 2.45) is 17.9 Å². The van der Waals surface area contributed by atoms with Gasteiger partial charge in [-0.3, -0.25) is 19.3 Å². The van der Waals surface area contributed by atoms with Crippen LogP contribution in [0.15, 0.2) is 52.9 Å². The maximum Gasteiger partial charge on any atom is 0.387 e. The maximum absolute atomic E-state index is 13.8. The van der Waals surface area contributed by atoms with Crippen LogP contribution in [-0.2, 0) is 29.5 Å². The topological polar surface area (TPSA) is 129 Å². The van der Waals surface area contributed by atoms with E-state index in [9.17, 15) is 23.2 Å². The molecule has 3 aliphatic rings. The Labute approximate surface area is 340 Å². The number of hydrogen-bond donors (Lipinski definition) is 1. The van der Waals surface area contributed by atoms with E-state index in [0.717, 1.165) is 80.6 Å². The van der Waals surface area contributed by atoms with Crippen LogP contribution in [-0.4, -0.2) is 62.9 Å². The summed E-state index contributed by atoms with van der Waals surface area (Å²) in [4.78, 5) is 50.3. The predicted molar refractivity (Wildman–Crippen MR) is 215 cm³/mol. The van der Waals surface area contributed by atoms with Gasteiger partial charge in [-0.2, -0.15) is 8.78 Å². The van der Waals surface area contributed by atoms with Gasteiger partial charge in [0.05, 0.1) is 27.4 Å². The highest BCUT2D eigenvalue weighted by atomic mass is 35.5. The smallest absolute Gasteiger partial charge is 0.387 e. The van der Waals surface area contributed by atoms with Gasteiger partial charge in [0.15, 0.2) is 17.7 Å². The van der Waals surface area contributed by atoms with Gasteiger partial charge >= 0.3 is 12.6 Å². The van der Waals surface area contributed by atoms with Crippen molar-refractivity contribution in [3.05, 3.63) is 81.9 Å². The number of rotatable bonds is 11. The van der Waals surface area contributed by atoms with Crippen molar-refractivity contribution in [2.45, 2.75) is 91.4 Å². The van der Waals surface area contributed by atoms with Crippen LogP contribution in [0.1, 0.15) is 97.2 Å². The molecule has 11 nitrogen and oxygen atoms in total. The van der Waals surface area contributed by atoms with Gasteiger partial charge in [-0.15, -0.1) is 0 Å². The number of ether oxygens (including phenoxy) is 2. The summed E-state index contributed by atoms with van der Waals surface area (Å²) in [5.74, 6) is -0.193. The molecule has 3 heterocycles. The summed E-state index contributed by atoms with van der Waals surface area (Å²) in [6.07, 6.45) is 7.05. The number of aromatic nitrogens is 3. The van der Waals surface area contributed by atoms with Crippen molar-refractivity contribution in [3.63, 3.8) is 0 Å². The highest BCUT2D eigenvalue weighted by Crippen LogP contribution is 2.63. The van der Waals surface area contributed by atoms with Gasteiger partial charge in [0.2, 0.25) is 5.89 Å². The normalized spacial score (nSPS) is 20.4. The highest BCUT2D eigenvalue weighted by molar-refractivity contribution is 6.36. The van der Waals surface area contributed by atoms with Gasteiger partial charge < -0.3 is 23.8 Å². The van der Waals surface area contributed by atoms with Gasteiger partial charge in [0, 0.05) is 49.4 Å². The number of esters is 1. The number of anilines is 1. The Kier molecular flexibility index (Phi) is 10.2. The zero-order valence-corrected chi connectivity index (χ0v) is 34.0. The summed E-state index contributed by atoms with van der Waals surface area (Å²) in [6, 6.07) is 13.5. The number of nitrogens with zero attached hydrogens (tertiary/aromatic N) is 4. The molecule has 0 unspecified atom stereocenters. The van der Waals surface area contributed by atoms with Gasteiger partial charge in [0.1, 0.15) is 16.9 Å². The molecule has 5 aromatic rings. The highest BCUT2D eigenvalue weighted by Gasteiger charge is 2.59. The summed E-state index contributed by atoms with van der Waals surface area (Å²) in [5, 5.41) is 3.32. The van der Waals surface area contributed by atoms with Crippen LogP contribution >= 0.6 is 11.6 Å². The summed E-state index contributed by atoms with van der Waals surface area (Å²) in [7, 11) is 1.87. The fourth-order valence-corrected chi connectivity index (χ4v) is 9.53. The number of amides is 1. The first kappa shape index (κ1) is 39.7. The van der Waals surface area contributed by atoms with Gasteiger partial charge in [-0.05, 0) is 108 Å². The second kappa shape index (κ2) is 14.9. The van der Waals surface area contributed by atoms with Crippen LogP contribution in [0.4, 0.5) is 14.5 Å². The van der Waals surface area contributed by atoms with Crippen LogP contribution < -0.4 is 10.1 Å².